The molecule has 0 spiro atoms. The van der Waals surface area contributed by atoms with Gasteiger partial charge in [0.25, 0.3) is 5.88 Å². The zero-order valence-electron chi connectivity index (χ0n) is 17.3. The van der Waals surface area contributed by atoms with Gasteiger partial charge in [-0.3, -0.25) is 9.88 Å². The topological polar surface area (TPSA) is 56.7 Å². The van der Waals surface area contributed by atoms with Crippen LogP contribution in [-0.2, 0) is 0 Å². The summed E-state index contributed by atoms with van der Waals surface area (Å²) in [5, 5.41) is 0. The maximum absolute atomic E-state index is 6.34. The number of fused-ring (bicyclic) bond motifs is 1. The summed E-state index contributed by atoms with van der Waals surface area (Å²) in [4.78, 5) is 11.8. The molecule has 0 amide bonds. The van der Waals surface area contributed by atoms with Gasteiger partial charge >= 0.3 is 0 Å². The highest BCUT2D eigenvalue weighted by molar-refractivity contribution is 5.36. The minimum Gasteiger partial charge on any atom is -0.490 e. The molecule has 1 saturated carbocycles. The van der Waals surface area contributed by atoms with Gasteiger partial charge in [-0.05, 0) is 51.7 Å². The van der Waals surface area contributed by atoms with Gasteiger partial charge in [-0.15, -0.1) is 0 Å². The van der Waals surface area contributed by atoms with Crippen molar-refractivity contribution in [2.45, 2.75) is 57.6 Å². The number of likely N-dealkylation sites (tertiary alicyclic amines) is 1. The third kappa shape index (κ3) is 4.17. The van der Waals surface area contributed by atoms with Crippen LogP contribution in [0.4, 0.5) is 0 Å². The third-order valence-corrected chi connectivity index (χ3v) is 6.12. The molecule has 3 aliphatic rings. The Morgan fingerprint density at radius 3 is 2.62 bits per heavy atom. The van der Waals surface area contributed by atoms with Crippen LogP contribution in [0.1, 0.15) is 61.6 Å². The second-order valence-corrected chi connectivity index (χ2v) is 8.41. The Bertz CT molecular complexity index is 876. The fourth-order valence-electron chi connectivity index (χ4n) is 4.26. The summed E-state index contributed by atoms with van der Waals surface area (Å²) in [7, 11) is 0. The maximum Gasteiger partial charge on any atom is 0.257 e. The van der Waals surface area contributed by atoms with Crippen LogP contribution in [-0.4, -0.2) is 47.3 Å². The zero-order valence-corrected chi connectivity index (χ0v) is 17.3. The van der Waals surface area contributed by atoms with E-state index in [1.165, 1.54) is 18.5 Å². The van der Waals surface area contributed by atoms with Gasteiger partial charge in [0.2, 0.25) is 0 Å². The van der Waals surface area contributed by atoms with Gasteiger partial charge in [0.15, 0.2) is 5.75 Å². The fourth-order valence-corrected chi connectivity index (χ4v) is 4.26. The molecule has 2 fully saturated rings. The van der Waals surface area contributed by atoms with Crippen molar-refractivity contribution in [2.75, 3.05) is 26.3 Å². The molecule has 1 atom stereocenters. The molecule has 6 heteroatoms. The molecule has 2 aromatic heterocycles. The molecule has 0 bridgehead atoms. The van der Waals surface area contributed by atoms with E-state index in [1.54, 1.807) is 0 Å². The first-order valence-corrected chi connectivity index (χ1v) is 10.8. The van der Waals surface area contributed by atoms with Crippen LogP contribution in [0.3, 0.4) is 0 Å². The first-order valence-electron chi connectivity index (χ1n) is 10.8. The van der Waals surface area contributed by atoms with E-state index in [-0.39, 0.29) is 12.1 Å². The van der Waals surface area contributed by atoms with Crippen LogP contribution in [0.2, 0.25) is 0 Å². The quantitative estimate of drug-likeness (QED) is 0.762. The second-order valence-electron chi connectivity index (χ2n) is 8.41. The molecular formula is C23H29N3O3. The summed E-state index contributed by atoms with van der Waals surface area (Å²) in [5.41, 5.74) is 3.29. The smallest absolute Gasteiger partial charge is 0.257 e. The average Bonchev–Trinajstić information content (AvgIpc) is 3.58. The van der Waals surface area contributed by atoms with Crippen LogP contribution in [0.5, 0.6) is 17.4 Å². The molecule has 2 aliphatic heterocycles. The number of nitrogens with zero attached hydrogens (tertiary/aromatic N) is 3. The molecule has 154 valence electrons. The van der Waals surface area contributed by atoms with Crippen LogP contribution < -0.4 is 14.2 Å². The molecule has 6 nitrogen and oxygen atoms in total. The lowest BCUT2D eigenvalue weighted by Crippen LogP contribution is -2.39. The van der Waals surface area contributed by atoms with Gasteiger partial charge in [0.1, 0.15) is 25.1 Å². The van der Waals surface area contributed by atoms with Crippen molar-refractivity contribution in [2.24, 2.45) is 0 Å². The third-order valence-electron chi connectivity index (χ3n) is 6.12. The predicted octanol–water partition coefficient (Wildman–Crippen LogP) is 4.04. The number of hydrogen-bond acceptors (Lipinski definition) is 6. The van der Waals surface area contributed by atoms with Crippen LogP contribution in [0, 0.1) is 6.92 Å². The Balaban J connectivity index is 1.19. The number of ether oxygens (including phenoxy) is 3. The van der Waals surface area contributed by atoms with Crippen molar-refractivity contribution in [1.82, 2.24) is 14.9 Å². The first kappa shape index (κ1) is 18.7. The Hall–Kier alpha value is -2.34. The first-order chi connectivity index (χ1) is 14.2. The van der Waals surface area contributed by atoms with Crippen molar-refractivity contribution in [3.8, 4) is 17.4 Å². The fraction of sp³-hybridized carbons (Fsp3) is 0.565. The maximum atomic E-state index is 6.34. The molecule has 1 saturated heterocycles. The molecule has 29 heavy (non-hydrogen) atoms. The number of piperidine rings is 1. The Morgan fingerprint density at radius 1 is 1.03 bits per heavy atom. The van der Waals surface area contributed by atoms with Crippen LogP contribution >= 0.6 is 0 Å². The molecule has 0 radical (unpaired) electrons. The van der Waals surface area contributed by atoms with E-state index in [2.05, 4.69) is 46.9 Å². The van der Waals surface area contributed by atoms with Crippen LogP contribution in [0.15, 0.2) is 24.3 Å². The highest BCUT2D eigenvalue weighted by atomic mass is 16.6. The van der Waals surface area contributed by atoms with Gasteiger partial charge in [0, 0.05) is 48.6 Å². The van der Waals surface area contributed by atoms with Gasteiger partial charge in [-0.1, -0.05) is 0 Å². The lowest BCUT2D eigenvalue weighted by molar-refractivity contribution is 0.0779. The summed E-state index contributed by atoms with van der Waals surface area (Å²) in [6.07, 6.45) is 4.84. The lowest BCUT2D eigenvalue weighted by atomic mass is 10.0. The lowest BCUT2D eigenvalue weighted by Gasteiger charge is -2.36. The number of aryl methyl sites for hydroxylation is 1. The van der Waals surface area contributed by atoms with E-state index < -0.39 is 0 Å². The number of pyridine rings is 2. The second kappa shape index (κ2) is 7.82. The zero-order chi connectivity index (χ0) is 19.8. The van der Waals surface area contributed by atoms with Crippen molar-refractivity contribution >= 4 is 0 Å². The summed E-state index contributed by atoms with van der Waals surface area (Å²) < 4.78 is 17.6. The minimum atomic E-state index is 0.247. The highest BCUT2D eigenvalue weighted by Crippen LogP contribution is 2.40. The molecule has 1 unspecified atom stereocenters. The van der Waals surface area contributed by atoms with Gasteiger partial charge in [0.05, 0.1) is 5.69 Å². The van der Waals surface area contributed by atoms with E-state index >= 15 is 0 Å². The van der Waals surface area contributed by atoms with E-state index in [4.69, 9.17) is 14.2 Å². The molecular weight excluding hydrogens is 366 g/mol. The van der Waals surface area contributed by atoms with E-state index in [1.807, 2.05) is 6.07 Å². The summed E-state index contributed by atoms with van der Waals surface area (Å²) in [5.74, 6) is 3.01. The standard InChI is InChI=1S/C23H29N3O3/c1-15-13-19(14-21(24-15)17-3-4-17)29-18-7-9-26(10-8-18)16(2)20-5-6-22-23(25-20)28-12-11-27-22/h5-6,13-14,16-18H,3-4,7-12H2,1-2H3. The average molecular weight is 396 g/mol. The molecule has 0 N–H and O–H groups in total. The monoisotopic (exact) mass is 395 g/mol. The minimum absolute atomic E-state index is 0.247. The number of rotatable bonds is 5. The van der Waals surface area contributed by atoms with Gasteiger partial charge in [-0.25, -0.2) is 4.98 Å². The van der Waals surface area contributed by atoms with E-state index in [0.29, 0.717) is 25.0 Å². The normalized spacial score (nSPS) is 21.0. The SMILES string of the molecule is Cc1cc(OC2CCN(C(C)c3ccc4c(n3)OCCO4)CC2)cc(C2CC2)n1. The van der Waals surface area contributed by atoms with Crippen LogP contribution in [0.25, 0.3) is 0 Å². The van der Waals surface area contributed by atoms with E-state index in [0.717, 1.165) is 48.8 Å². The molecule has 1 aliphatic carbocycles. The molecule has 5 rings (SSSR count). The van der Waals surface area contributed by atoms with Crippen molar-refractivity contribution in [1.29, 1.82) is 0 Å². The summed E-state index contributed by atoms with van der Waals surface area (Å²) in [6, 6.07) is 8.50. The van der Waals surface area contributed by atoms with Gasteiger partial charge < -0.3 is 14.2 Å². The molecule has 4 heterocycles. The summed E-state index contributed by atoms with van der Waals surface area (Å²) >= 11 is 0. The molecule has 2 aromatic rings. The number of hydrogen-bond donors (Lipinski definition) is 0. The predicted molar refractivity (Wildman–Crippen MR) is 110 cm³/mol. The number of aromatic nitrogens is 2. The van der Waals surface area contributed by atoms with Crippen molar-refractivity contribution < 1.29 is 14.2 Å². The van der Waals surface area contributed by atoms with Crippen molar-refractivity contribution in [3.63, 3.8) is 0 Å². The molecule has 0 aromatic carbocycles. The van der Waals surface area contributed by atoms with Gasteiger partial charge in [-0.2, -0.15) is 0 Å². The Labute approximate surface area is 172 Å². The van der Waals surface area contributed by atoms with Crippen molar-refractivity contribution in [3.05, 3.63) is 41.3 Å². The van der Waals surface area contributed by atoms with E-state index in [9.17, 15) is 0 Å². The highest BCUT2D eigenvalue weighted by Gasteiger charge is 2.28. The Kier molecular flexibility index (Phi) is 5.04. The Morgan fingerprint density at radius 2 is 1.83 bits per heavy atom. The largest absolute Gasteiger partial charge is 0.490 e. The summed E-state index contributed by atoms with van der Waals surface area (Å²) in [6.45, 7) is 7.44.